The van der Waals surface area contributed by atoms with Gasteiger partial charge < -0.3 is 14.6 Å². The van der Waals surface area contributed by atoms with E-state index in [2.05, 4.69) is 5.43 Å². The maximum atomic E-state index is 12.4. The molecule has 9 heteroatoms. The van der Waals surface area contributed by atoms with E-state index in [0.29, 0.717) is 22.1 Å². The van der Waals surface area contributed by atoms with Crippen LogP contribution in [0.2, 0.25) is 0 Å². The monoisotopic (exact) mass is 384 g/mol. The van der Waals surface area contributed by atoms with E-state index in [9.17, 15) is 19.2 Å². The highest BCUT2D eigenvalue weighted by atomic mass is 16.5. The quantitative estimate of drug-likeness (QED) is 0.719. The zero-order valence-corrected chi connectivity index (χ0v) is 15.0. The molecule has 0 aliphatic carbocycles. The number of rotatable bonds is 6. The Labute approximate surface area is 159 Å². The number of carboxylic acids is 1. The van der Waals surface area contributed by atoms with Crippen LogP contribution in [0.25, 0.3) is 0 Å². The van der Waals surface area contributed by atoms with E-state index < -0.39 is 23.7 Å². The summed E-state index contributed by atoms with van der Waals surface area (Å²) < 4.78 is 10.3. The Hall–Kier alpha value is -3.88. The summed E-state index contributed by atoms with van der Waals surface area (Å²) in [4.78, 5) is 48.1. The molecular formula is C19H16N2O7. The van der Waals surface area contributed by atoms with Crippen molar-refractivity contribution in [2.24, 2.45) is 0 Å². The fourth-order valence-electron chi connectivity index (χ4n) is 2.82. The largest absolute Gasteiger partial charge is 0.493 e. The van der Waals surface area contributed by atoms with Crippen LogP contribution in [-0.4, -0.2) is 48.0 Å². The number of carbonyl (C=O) groups excluding carboxylic acids is 3. The number of imide groups is 1. The van der Waals surface area contributed by atoms with Crippen molar-refractivity contribution < 1.29 is 33.8 Å². The first-order valence-corrected chi connectivity index (χ1v) is 8.12. The van der Waals surface area contributed by atoms with Gasteiger partial charge in [0.25, 0.3) is 11.8 Å². The van der Waals surface area contributed by atoms with Gasteiger partial charge in [0.15, 0.2) is 11.5 Å². The van der Waals surface area contributed by atoms with Gasteiger partial charge in [-0.15, -0.1) is 0 Å². The highest BCUT2D eigenvalue weighted by Crippen LogP contribution is 2.28. The van der Waals surface area contributed by atoms with Crippen LogP contribution >= 0.6 is 0 Å². The number of carboxylic acid groups (broad SMARTS) is 1. The third-order valence-corrected chi connectivity index (χ3v) is 4.18. The summed E-state index contributed by atoms with van der Waals surface area (Å²) in [6, 6.07) is 8.48. The van der Waals surface area contributed by atoms with E-state index in [1.54, 1.807) is 18.2 Å². The summed E-state index contributed by atoms with van der Waals surface area (Å²) in [6.45, 7) is 0. The first kappa shape index (κ1) is 18.9. The highest BCUT2D eigenvalue weighted by molar-refractivity contribution is 6.22. The summed E-state index contributed by atoms with van der Waals surface area (Å²) in [7, 11) is 2.95. The second-order valence-corrected chi connectivity index (χ2v) is 5.91. The Balaban J connectivity index is 1.75. The van der Waals surface area contributed by atoms with Crippen molar-refractivity contribution in [2.45, 2.75) is 6.42 Å². The minimum atomic E-state index is -1.22. The van der Waals surface area contributed by atoms with Gasteiger partial charge >= 0.3 is 5.97 Å². The lowest BCUT2D eigenvalue weighted by atomic mass is 10.1. The van der Waals surface area contributed by atoms with E-state index in [1.807, 2.05) is 0 Å². The van der Waals surface area contributed by atoms with Gasteiger partial charge in [0.05, 0.1) is 37.3 Å². The van der Waals surface area contributed by atoms with Crippen LogP contribution in [0.1, 0.15) is 36.6 Å². The van der Waals surface area contributed by atoms with Gasteiger partial charge in [-0.3, -0.25) is 19.8 Å². The van der Waals surface area contributed by atoms with Crippen LogP contribution in [0, 0.1) is 0 Å². The van der Waals surface area contributed by atoms with Crippen LogP contribution in [0.4, 0.5) is 0 Å². The number of hydrazine groups is 1. The minimum Gasteiger partial charge on any atom is -0.493 e. The van der Waals surface area contributed by atoms with E-state index in [4.69, 9.17) is 14.6 Å². The average Bonchev–Trinajstić information content (AvgIpc) is 2.92. The molecule has 0 atom stereocenters. The summed E-state index contributed by atoms with van der Waals surface area (Å²) in [5, 5.41) is 9.61. The first-order valence-electron chi connectivity index (χ1n) is 8.12. The summed E-state index contributed by atoms with van der Waals surface area (Å²) >= 11 is 0. The molecule has 3 amide bonds. The van der Waals surface area contributed by atoms with E-state index in [-0.39, 0.29) is 23.1 Å². The van der Waals surface area contributed by atoms with Gasteiger partial charge in [0, 0.05) is 0 Å². The number of hydrogen-bond donors (Lipinski definition) is 2. The molecular weight excluding hydrogens is 368 g/mol. The maximum Gasteiger partial charge on any atom is 0.335 e. The number of fused-ring (bicyclic) bond motifs is 1. The van der Waals surface area contributed by atoms with Crippen LogP contribution in [0.5, 0.6) is 11.5 Å². The van der Waals surface area contributed by atoms with Crippen LogP contribution in [-0.2, 0) is 11.2 Å². The third-order valence-electron chi connectivity index (χ3n) is 4.18. The minimum absolute atomic E-state index is 0.0291. The Morgan fingerprint density at radius 1 is 0.964 bits per heavy atom. The molecule has 0 bridgehead atoms. The van der Waals surface area contributed by atoms with Crippen molar-refractivity contribution in [1.82, 2.24) is 10.4 Å². The molecule has 144 valence electrons. The molecule has 0 unspecified atom stereocenters. The normalized spacial score (nSPS) is 12.6. The fourth-order valence-corrected chi connectivity index (χ4v) is 2.82. The summed E-state index contributed by atoms with van der Waals surface area (Å²) in [5.74, 6) is -2.39. The standard InChI is InChI=1S/C19H16N2O7/c1-27-14-6-3-10(7-15(14)28-2)8-16(22)20-21-17(23)12-5-4-11(19(25)26)9-13(12)18(21)24/h3-7,9H,8H2,1-2H3,(H,20,22)(H,25,26). The van der Waals surface area contributed by atoms with Crippen LogP contribution in [0.3, 0.4) is 0 Å². The Morgan fingerprint density at radius 3 is 2.29 bits per heavy atom. The zero-order valence-electron chi connectivity index (χ0n) is 15.0. The molecule has 0 fully saturated rings. The molecule has 9 nitrogen and oxygen atoms in total. The van der Waals surface area contributed by atoms with Crippen molar-refractivity contribution in [3.8, 4) is 11.5 Å². The Morgan fingerprint density at radius 2 is 1.64 bits per heavy atom. The lowest BCUT2D eigenvalue weighted by Crippen LogP contribution is -2.46. The number of nitrogens with one attached hydrogen (secondary N) is 1. The molecule has 1 aliphatic rings. The molecule has 28 heavy (non-hydrogen) atoms. The SMILES string of the molecule is COc1ccc(CC(=O)NN2C(=O)c3ccc(C(=O)O)cc3C2=O)cc1OC. The van der Waals surface area contributed by atoms with Crippen molar-refractivity contribution >= 4 is 23.7 Å². The van der Waals surface area contributed by atoms with E-state index >= 15 is 0 Å². The molecule has 0 saturated carbocycles. The van der Waals surface area contributed by atoms with Gasteiger partial charge in [-0.05, 0) is 35.9 Å². The Bertz CT molecular complexity index is 1000. The molecule has 2 aromatic rings. The number of aromatic carboxylic acids is 1. The lowest BCUT2D eigenvalue weighted by molar-refractivity contribution is -0.123. The van der Waals surface area contributed by atoms with Gasteiger partial charge in [0.1, 0.15) is 0 Å². The predicted octanol–water partition coefficient (Wildman–Crippen LogP) is 1.27. The highest BCUT2D eigenvalue weighted by Gasteiger charge is 2.37. The average molecular weight is 384 g/mol. The maximum absolute atomic E-state index is 12.4. The number of hydrogen-bond acceptors (Lipinski definition) is 6. The molecule has 2 N–H and O–H groups in total. The number of methoxy groups -OCH3 is 2. The van der Waals surface area contributed by atoms with Gasteiger partial charge in [-0.2, -0.15) is 5.01 Å². The van der Waals surface area contributed by atoms with Crippen molar-refractivity contribution in [3.05, 3.63) is 58.7 Å². The molecule has 0 radical (unpaired) electrons. The molecule has 0 aromatic heterocycles. The molecule has 1 heterocycles. The second-order valence-electron chi connectivity index (χ2n) is 5.91. The number of carbonyl (C=O) groups is 4. The molecule has 2 aromatic carbocycles. The van der Waals surface area contributed by atoms with Gasteiger partial charge in [-0.25, -0.2) is 4.79 Å². The van der Waals surface area contributed by atoms with Crippen molar-refractivity contribution in [3.63, 3.8) is 0 Å². The summed E-state index contributed by atoms with van der Waals surface area (Å²) in [5.41, 5.74) is 2.68. The molecule has 3 rings (SSSR count). The summed E-state index contributed by atoms with van der Waals surface area (Å²) in [6.07, 6.45) is -0.117. The Kier molecular flexibility index (Phi) is 4.99. The van der Waals surface area contributed by atoms with Gasteiger partial charge in [-0.1, -0.05) is 6.07 Å². The number of benzene rings is 2. The lowest BCUT2D eigenvalue weighted by Gasteiger charge is -2.15. The number of ether oxygens (including phenoxy) is 2. The van der Waals surface area contributed by atoms with Crippen LogP contribution in [0.15, 0.2) is 36.4 Å². The predicted molar refractivity (Wildman–Crippen MR) is 95.3 cm³/mol. The van der Waals surface area contributed by atoms with Crippen molar-refractivity contribution in [2.75, 3.05) is 14.2 Å². The number of amides is 3. The fraction of sp³-hybridized carbons (Fsp3) is 0.158. The first-order chi connectivity index (χ1) is 13.3. The zero-order chi connectivity index (χ0) is 20.4. The third kappa shape index (κ3) is 3.37. The van der Waals surface area contributed by atoms with Gasteiger partial charge in [0.2, 0.25) is 5.91 Å². The molecule has 0 spiro atoms. The molecule has 1 aliphatic heterocycles. The number of nitrogens with zero attached hydrogens (tertiary/aromatic N) is 1. The topological polar surface area (TPSA) is 122 Å². The molecule has 0 saturated heterocycles. The smallest absolute Gasteiger partial charge is 0.335 e. The van der Waals surface area contributed by atoms with Crippen molar-refractivity contribution in [1.29, 1.82) is 0 Å². The van der Waals surface area contributed by atoms with E-state index in [0.717, 1.165) is 6.07 Å². The second kappa shape index (κ2) is 7.39. The van der Waals surface area contributed by atoms with Crippen LogP contribution < -0.4 is 14.9 Å². The van der Waals surface area contributed by atoms with E-state index in [1.165, 1.54) is 26.4 Å².